The summed E-state index contributed by atoms with van der Waals surface area (Å²) >= 11 is 0. The van der Waals surface area contributed by atoms with Crippen molar-refractivity contribution in [2.75, 3.05) is 13.7 Å². The number of aliphatic carboxylic acids is 1. The summed E-state index contributed by atoms with van der Waals surface area (Å²) in [4.78, 5) is 33.1. The van der Waals surface area contributed by atoms with E-state index in [4.69, 9.17) is 5.11 Å². The third-order valence-electron chi connectivity index (χ3n) is 2.28. The van der Waals surface area contributed by atoms with E-state index in [2.05, 4.69) is 15.4 Å². The molecular formula is C11H20N2O5. The molecule has 0 aromatic rings. The van der Waals surface area contributed by atoms with Crippen LogP contribution < -0.4 is 10.6 Å². The van der Waals surface area contributed by atoms with Crippen LogP contribution in [0.5, 0.6) is 0 Å². The van der Waals surface area contributed by atoms with E-state index in [1.165, 1.54) is 7.11 Å². The highest BCUT2D eigenvalue weighted by atomic mass is 16.5. The van der Waals surface area contributed by atoms with Crippen molar-refractivity contribution in [1.29, 1.82) is 0 Å². The predicted octanol–water partition coefficient (Wildman–Crippen LogP) is 0.492. The predicted molar refractivity (Wildman–Crippen MR) is 64.1 cm³/mol. The normalized spacial score (nSPS) is 11.4. The quantitative estimate of drug-likeness (QED) is 0.435. The van der Waals surface area contributed by atoms with Gasteiger partial charge in [0.1, 0.15) is 6.04 Å². The van der Waals surface area contributed by atoms with Gasteiger partial charge in [0.25, 0.3) is 0 Å². The van der Waals surface area contributed by atoms with Gasteiger partial charge in [-0.25, -0.2) is 9.59 Å². The number of carbonyl (C=O) groups excluding carboxylic acids is 2. The van der Waals surface area contributed by atoms with Crippen LogP contribution in [0, 0.1) is 0 Å². The number of unbranched alkanes of at least 4 members (excludes halogenated alkanes) is 1. The summed E-state index contributed by atoms with van der Waals surface area (Å²) in [6.45, 7) is 2.47. The summed E-state index contributed by atoms with van der Waals surface area (Å²) in [6, 6.07) is -1.63. The lowest BCUT2D eigenvalue weighted by Crippen LogP contribution is -2.46. The average Bonchev–Trinajstić information content (AvgIpc) is 2.33. The molecule has 104 valence electrons. The lowest BCUT2D eigenvalue weighted by atomic mass is 10.1. The fourth-order valence-corrected chi connectivity index (χ4v) is 1.21. The van der Waals surface area contributed by atoms with Crippen LogP contribution in [0.3, 0.4) is 0 Å². The zero-order valence-corrected chi connectivity index (χ0v) is 10.7. The maximum absolute atomic E-state index is 11.3. The molecule has 0 aromatic heterocycles. The monoisotopic (exact) mass is 260 g/mol. The first-order valence-corrected chi connectivity index (χ1v) is 5.85. The Kier molecular flexibility index (Phi) is 8.34. The zero-order chi connectivity index (χ0) is 14.0. The van der Waals surface area contributed by atoms with Crippen molar-refractivity contribution in [2.45, 2.75) is 38.6 Å². The molecule has 0 fully saturated rings. The maximum Gasteiger partial charge on any atom is 0.326 e. The standard InChI is InChI=1S/C11H20N2O5/c1-3-4-7-12-11(17)13-8(10(15)16)5-6-9(14)18-2/h8H,3-7H2,1-2H3,(H,15,16)(H2,12,13,17). The molecule has 7 heteroatoms. The van der Waals surface area contributed by atoms with Gasteiger partial charge >= 0.3 is 18.0 Å². The highest BCUT2D eigenvalue weighted by molar-refractivity contribution is 5.83. The van der Waals surface area contributed by atoms with Crippen molar-refractivity contribution >= 4 is 18.0 Å². The Balaban J connectivity index is 4.06. The number of carbonyl (C=O) groups is 3. The van der Waals surface area contributed by atoms with Gasteiger partial charge in [-0.05, 0) is 12.8 Å². The van der Waals surface area contributed by atoms with Gasteiger partial charge in [0.2, 0.25) is 0 Å². The first-order valence-electron chi connectivity index (χ1n) is 5.85. The number of carboxylic acids is 1. The van der Waals surface area contributed by atoms with Crippen molar-refractivity contribution < 1.29 is 24.2 Å². The van der Waals surface area contributed by atoms with Gasteiger partial charge in [0, 0.05) is 13.0 Å². The first-order chi connectivity index (χ1) is 8.51. The number of nitrogens with one attached hydrogen (secondary N) is 2. The molecule has 3 N–H and O–H groups in total. The van der Waals surface area contributed by atoms with Crippen LogP contribution in [0.2, 0.25) is 0 Å². The number of carboxylic acid groups (broad SMARTS) is 1. The molecule has 0 saturated heterocycles. The fraction of sp³-hybridized carbons (Fsp3) is 0.727. The molecule has 18 heavy (non-hydrogen) atoms. The molecule has 0 aliphatic rings. The van der Waals surface area contributed by atoms with Crippen LogP contribution in [0.15, 0.2) is 0 Å². The lowest BCUT2D eigenvalue weighted by Gasteiger charge is -2.14. The highest BCUT2D eigenvalue weighted by Gasteiger charge is 2.20. The van der Waals surface area contributed by atoms with E-state index in [-0.39, 0.29) is 12.8 Å². The van der Waals surface area contributed by atoms with Gasteiger partial charge in [-0.3, -0.25) is 4.79 Å². The van der Waals surface area contributed by atoms with Crippen molar-refractivity contribution in [3.8, 4) is 0 Å². The number of ether oxygens (including phenoxy) is 1. The van der Waals surface area contributed by atoms with Crippen molar-refractivity contribution in [2.24, 2.45) is 0 Å². The largest absolute Gasteiger partial charge is 0.480 e. The molecule has 0 aliphatic heterocycles. The van der Waals surface area contributed by atoms with E-state index in [1.807, 2.05) is 6.92 Å². The van der Waals surface area contributed by atoms with Crippen LogP contribution in [0.4, 0.5) is 4.79 Å². The fourth-order valence-electron chi connectivity index (χ4n) is 1.21. The Morgan fingerprint density at radius 2 is 2.00 bits per heavy atom. The molecule has 0 heterocycles. The Bertz CT molecular complexity index is 293. The molecule has 0 radical (unpaired) electrons. The summed E-state index contributed by atoms with van der Waals surface area (Å²) in [7, 11) is 1.23. The number of hydrogen-bond acceptors (Lipinski definition) is 4. The molecule has 7 nitrogen and oxygen atoms in total. The second-order valence-corrected chi connectivity index (χ2v) is 3.76. The minimum atomic E-state index is -1.18. The topological polar surface area (TPSA) is 105 Å². The van der Waals surface area contributed by atoms with Crippen LogP contribution in [0.25, 0.3) is 0 Å². The molecule has 0 bridgehead atoms. The number of rotatable bonds is 8. The molecule has 0 aromatic carbocycles. The van der Waals surface area contributed by atoms with E-state index in [1.54, 1.807) is 0 Å². The SMILES string of the molecule is CCCCNC(=O)NC(CCC(=O)OC)C(=O)O. The second kappa shape index (κ2) is 9.26. The molecular weight excluding hydrogens is 240 g/mol. The zero-order valence-electron chi connectivity index (χ0n) is 10.7. The second-order valence-electron chi connectivity index (χ2n) is 3.76. The van der Waals surface area contributed by atoms with Gasteiger partial charge < -0.3 is 20.5 Å². The van der Waals surface area contributed by atoms with E-state index in [9.17, 15) is 14.4 Å². The average molecular weight is 260 g/mol. The highest BCUT2D eigenvalue weighted by Crippen LogP contribution is 1.99. The molecule has 0 saturated carbocycles. The molecule has 1 unspecified atom stereocenters. The van der Waals surface area contributed by atoms with Crippen molar-refractivity contribution in [3.05, 3.63) is 0 Å². The molecule has 0 rings (SSSR count). The minimum absolute atomic E-state index is 0.00318. The van der Waals surface area contributed by atoms with Gasteiger partial charge in [0.05, 0.1) is 7.11 Å². The van der Waals surface area contributed by atoms with E-state index in [0.29, 0.717) is 6.54 Å². The van der Waals surface area contributed by atoms with Crippen LogP contribution in [0.1, 0.15) is 32.6 Å². The number of amides is 2. The smallest absolute Gasteiger partial charge is 0.326 e. The van der Waals surface area contributed by atoms with Crippen molar-refractivity contribution in [1.82, 2.24) is 10.6 Å². The molecule has 1 atom stereocenters. The van der Waals surface area contributed by atoms with Gasteiger partial charge in [0.15, 0.2) is 0 Å². The number of esters is 1. The van der Waals surface area contributed by atoms with Gasteiger partial charge in [-0.1, -0.05) is 13.3 Å². The first kappa shape index (κ1) is 16.2. The van der Waals surface area contributed by atoms with E-state index in [0.717, 1.165) is 12.8 Å². The Hall–Kier alpha value is -1.79. The molecule has 0 spiro atoms. The Morgan fingerprint density at radius 1 is 1.33 bits per heavy atom. The number of urea groups is 1. The lowest BCUT2D eigenvalue weighted by molar-refractivity contribution is -0.142. The summed E-state index contributed by atoms with van der Waals surface area (Å²) in [6.07, 6.45) is 1.71. The minimum Gasteiger partial charge on any atom is -0.480 e. The van der Waals surface area contributed by atoms with Gasteiger partial charge in [-0.15, -0.1) is 0 Å². The molecule has 2 amide bonds. The van der Waals surface area contributed by atoms with Crippen LogP contribution in [-0.4, -0.2) is 42.8 Å². The number of hydrogen-bond donors (Lipinski definition) is 3. The maximum atomic E-state index is 11.3. The Labute approximate surface area is 106 Å². The van der Waals surface area contributed by atoms with E-state index >= 15 is 0 Å². The number of methoxy groups -OCH3 is 1. The molecule has 0 aliphatic carbocycles. The summed E-state index contributed by atoms with van der Waals surface area (Å²) < 4.78 is 4.40. The third-order valence-corrected chi connectivity index (χ3v) is 2.28. The van der Waals surface area contributed by atoms with Crippen LogP contribution in [-0.2, 0) is 14.3 Å². The van der Waals surface area contributed by atoms with E-state index < -0.39 is 24.0 Å². The van der Waals surface area contributed by atoms with Crippen LogP contribution >= 0.6 is 0 Å². The summed E-state index contributed by atoms with van der Waals surface area (Å²) in [5, 5.41) is 13.7. The van der Waals surface area contributed by atoms with Gasteiger partial charge in [-0.2, -0.15) is 0 Å². The van der Waals surface area contributed by atoms with Crippen molar-refractivity contribution in [3.63, 3.8) is 0 Å². The Morgan fingerprint density at radius 3 is 2.50 bits per heavy atom. The summed E-state index contributed by atoms with van der Waals surface area (Å²) in [5.41, 5.74) is 0. The third kappa shape index (κ3) is 7.48. The summed E-state index contributed by atoms with van der Waals surface area (Å²) in [5.74, 6) is -1.68.